The standard InChI is InChI=1S/C14H18O2/c1-5-12(11-9-7-6-8-10-11)16-13(15)14(2,3)4/h5-10,12H,1H2,2-4H3/t12-/m0/s1. The summed E-state index contributed by atoms with van der Waals surface area (Å²) in [5.74, 6) is -0.221. The lowest BCUT2D eigenvalue weighted by molar-refractivity contribution is -0.156. The SMILES string of the molecule is C=C[C@H](OC(=O)C(C)(C)C)c1ccccc1. The summed E-state index contributed by atoms with van der Waals surface area (Å²) in [4.78, 5) is 11.7. The van der Waals surface area contributed by atoms with E-state index >= 15 is 0 Å². The first-order valence-corrected chi connectivity index (χ1v) is 5.33. The van der Waals surface area contributed by atoms with E-state index < -0.39 is 5.41 Å². The van der Waals surface area contributed by atoms with Gasteiger partial charge in [-0.25, -0.2) is 0 Å². The van der Waals surface area contributed by atoms with Crippen LogP contribution in [0.15, 0.2) is 43.0 Å². The molecule has 1 rings (SSSR count). The number of rotatable bonds is 3. The topological polar surface area (TPSA) is 26.3 Å². The average Bonchev–Trinajstić information content (AvgIpc) is 2.25. The Morgan fingerprint density at radius 3 is 2.31 bits per heavy atom. The van der Waals surface area contributed by atoms with Crippen LogP contribution in [0.4, 0.5) is 0 Å². The van der Waals surface area contributed by atoms with Gasteiger partial charge in [-0.05, 0) is 32.4 Å². The van der Waals surface area contributed by atoms with Gasteiger partial charge >= 0.3 is 5.97 Å². The largest absolute Gasteiger partial charge is 0.453 e. The zero-order chi connectivity index (χ0) is 12.2. The first-order chi connectivity index (χ1) is 7.45. The minimum atomic E-state index is -0.490. The monoisotopic (exact) mass is 218 g/mol. The molecule has 2 heteroatoms. The maximum absolute atomic E-state index is 11.7. The summed E-state index contributed by atoms with van der Waals surface area (Å²) in [6, 6.07) is 9.59. The molecule has 1 aromatic rings. The van der Waals surface area contributed by atoms with Gasteiger partial charge in [0.15, 0.2) is 0 Å². The molecule has 0 amide bonds. The zero-order valence-corrected chi connectivity index (χ0v) is 10.1. The highest BCUT2D eigenvalue weighted by molar-refractivity contribution is 5.75. The average molecular weight is 218 g/mol. The third-order valence-corrected chi connectivity index (χ3v) is 2.19. The number of ether oxygens (including phenoxy) is 1. The molecule has 16 heavy (non-hydrogen) atoms. The second-order valence-corrected chi connectivity index (χ2v) is 4.72. The Morgan fingerprint density at radius 1 is 1.31 bits per heavy atom. The number of hydrogen-bond donors (Lipinski definition) is 0. The summed E-state index contributed by atoms with van der Waals surface area (Å²) < 4.78 is 5.39. The number of carbonyl (C=O) groups excluding carboxylic acids is 1. The third-order valence-electron chi connectivity index (χ3n) is 2.19. The Hall–Kier alpha value is -1.57. The highest BCUT2D eigenvalue weighted by Crippen LogP contribution is 2.23. The minimum Gasteiger partial charge on any atom is -0.453 e. The molecule has 0 bridgehead atoms. The molecule has 2 nitrogen and oxygen atoms in total. The maximum atomic E-state index is 11.7. The minimum absolute atomic E-state index is 0.221. The van der Waals surface area contributed by atoms with Gasteiger partial charge in [0.1, 0.15) is 6.10 Å². The fraction of sp³-hybridized carbons (Fsp3) is 0.357. The molecule has 0 aliphatic heterocycles. The lowest BCUT2D eigenvalue weighted by atomic mass is 9.97. The van der Waals surface area contributed by atoms with Crippen molar-refractivity contribution in [3.8, 4) is 0 Å². The van der Waals surface area contributed by atoms with Crippen molar-refractivity contribution in [2.45, 2.75) is 26.9 Å². The second kappa shape index (κ2) is 4.97. The van der Waals surface area contributed by atoms with Gasteiger partial charge in [-0.2, -0.15) is 0 Å². The fourth-order valence-electron chi connectivity index (χ4n) is 1.19. The smallest absolute Gasteiger partial charge is 0.312 e. The van der Waals surface area contributed by atoms with E-state index in [-0.39, 0.29) is 12.1 Å². The molecule has 1 aromatic carbocycles. The van der Waals surface area contributed by atoms with Crippen LogP contribution in [-0.2, 0) is 9.53 Å². The predicted octanol–water partition coefficient (Wildman–Crippen LogP) is 3.50. The van der Waals surface area contributed by atoms with Crippen LogP contribution in [0.5, 0.6) is 0 Å². The highest BCUT2D eigenvalue weighted by atomic mass is 16.5. The lowest BCUT2D eigenvalue weighted by Crippen LogP contribution is -2.24. The van der Waals surface area contributed by atoms with Gasteiger partial charge < -0.3 is 4.74 Å². The molecule has 0 saturated carbocycles. The molecule has 86 valence electrons. The molecule has 0 aliphatic carbocycles. The van der Waals surface area contributed by atoms with Crippen LogP contribution < -0.4 is 0 Å². The van der Waals surface area contributed by atoms with E-state index in [0.717, 1.165) is 5.56 Å². The summed E-state index contributed by atoms with van der Waals surface area (Å²) in [5, 5.41) is 0. The molecule has 0 saturated heterocycles. The summed E-state index contributed by atoms with van der Waals surface area (Å²) >= 11 is 0. The van der Waals surface area contributed by atoms with Crippen LogP contribution in [0, 0.1) is 5.41 Å². The van der Waals surface area contributed by atoms with Gasteiger partial charge in [-0.3, -0.25) is 4.79 Å². The molecule has 0 heterocycles. The summed E-state index contributed by atoms with van der Waals surface area (Å²) in [6.07, 6.45) is 1.27. The molecule has 0 aromatic heterocycles. The Kier molecular flexibility index (Phi) is 3.88. The Morgan fingerprint density at radius 2 is 1.88 bits per heavy atom. The molecule has 0 aliphatic rings. The van der Waals surface area contributed by atoms with E-state index in [9.17, 15) is 4.79 Å². The van der Waals surface area contributed by atoms with Gasteiger partial charge in [0.05, 0.1) is 5.41 Å². The van der Waals surface area contributed by atoms with Crippen LogP contribution in [0.25, 0.3) is 0 Å². The Balaban J connectivity index is 2.79. The Labute approximate surface area is 96.9 Å². The lowest BCUT2D eigenvalue weighted by Gasteiger charge is -2.21. The van der Waals surface area contributed by atoms with E-state index in [2.05, 4.69) is 6.58 Å². The summed E-state index contributed by atoms with van der Waals surface area (Å²) in [7, 11) is 0. The third kappa shape index (κ3) is 3.23. The summed E-state index contributed by atoms with van der Waals surface area (Å²) in [5.41, 5.74) is 0.450. The molecular weight excluding hydrogens is 200 g/mol. The first kappa shape index (κ1) is 12.5. The van der Waals surface area contributed by atoms with E-state index in [1.165, 1.54) is 0 Å². The van der Waals surface area contributed by atoms with Crippen molar-refractivity contribution in [1.29, 1.82) is 0 Å². The molecule has 0 spiro atoms. The van der Waals surface area contributed by atoms with Gasteiger partial charge in [0.2, 0.25) is 0 Å². The quantitative estimate of drug-likeness (QED) is 0.573. The van der Waals surface area contributed by atoms with Gasteiger partial charge in [0, 0.05) is 0 Å². The van der Waals surface area contributed by atoms with Crippen LogP contribution in [0.1, 0.15) is 32.4 Å². The predicted molar refractivity (Wildman–Crippen MR) is 64.9 cm³/mol. The Bertz CT molecular complexity index is 360. The van der Waals surface area contributed by atoms with E-state index in [4.69, 9.17) is 4.74 Å². The number of esters is 1. The van der Waals surface area contributed by atoms with Crippen molar-refractivity contribution in [2.75, 3.05) is 0 Å². The van der Waals surface area contributed by atoms with Crippen molar-refractivity contribution >= 4 is 5.97 Å². The molecule has 1 atom stereocenters. The number of carbonyl (C=O) groups is 1. The highest BCUT2D eigenvalue weighted by Gasteiger charge is 2.25. The van der Waals surface area contributed by atoms with Gasteiger partial charge in [0.25, 0.3) is 0 Å². The summed E-state index contributed by atoms with van der Waals surface area (Å²) in [6.45, 7) is 9.20. The fourth-order valence-corrected chi connectivity index (χ4v) is 1.19. The van der Waals surface area contributed by atoms with E-state index in [1.54, 1.807) is 6.08 Å². The van der Waals surface area contributed by atoms with Crippen molar-refractivity contribution in [1.82, 2.24) is 0 Å². The molecule has 0 unspecified atom stereocenters. The maximum Gasteiger partial charge on any atom is 0.312 e. The van der Waals surface area contributed by atoms with Crippen LogP contribution >= 0.6 is 0 Å². The van der Waals surface area contributed by atoms with Crippen molar-refractivity contribution in [3.05, 3.63) is 48.6 Å². The molecular formula is C14H18O2. The first-order valence-electron chi connectivity index (χ1n) is 5.33. The zero-order valence-electron chi connectivity index (χ0n) is 10.1. The van der Waals surface area contributed by atoms with Crippen molar-refractivity contribution in [2.24, 2.45) is 5.41 Å². The molecule has 0 radical (unpaired) electrons. The van der Waals surface area contributed by atoms with Gasteiger partial charge in [-0.1, -0.05) is 36.9 Å². The van der Waals surface area contributed by atoms with Crippen molar-refractivity contribution in [3.63, 3.8) is 0 Å². The van der Waals surface area contributed by atoms with E-state index in [0.29, 0.717) is 0 Å². The van der Waals surface area contributed by atoms with Gasteiger partial charge in [-0.15, -0.1) is 0 Å². The van der Waals surface area contributed by atoms with E-state index in [1.807, 2.05) is 51.1 Å². The second-order valence-electron chi connectivity index (χ2n) is 4.72. The number of hydrogen-bond acceptors (Lipinski definition) is 2. The molecule has 0 fully saturated rings. The molecule has 0 N–H and O–H groups in total. The number of benzene rings is 1. The normalized spacial score (nSPS) is 12.9. The van der Waals surface area contributed by atoms with Crippen LogP contribution in [0.3, 0.4) is 0 Å². The van der Waals surface area contributed by atoms with Crippen LogP contribution in [0.2, 0.25) is 0 Å². The van der Waals surface area contributed by atoms with Crippen LogP contribution in [-0.4, -0.2) is 5.97 Å². The van der Waals surface area contributed by atoms with Crippen molar-refractivity contribution < 1.29 is 9.53 Å².